The Morgan fingerprint density at radius 2 is 2.00 bits per heavy atom. The Balaban J connectivity index is 2.27. The highest BCUT2D eigenvalue weighted by Crippen LogP contribution is 2.25. The molecule has 0 radical (unpaired) electrons. The Bertz CT molecular complexity index is 656. The summed E-state index contributed by atoms with van der Waals surface area (Å²) < 4.78 is 6.06. The van der Waals surface area contributed by atoms with Gasteiger partial charge >= 0.3 is 0 Å². The van der Waals surface area contributed by atoms with Crippen LogP contribution in [-0.2, 0) is 0 Å². The first-order valence-electron chi connectivity index (χ1n) is 6.02. The third kappa shape index (κ3) is 3.11. The molecule has 0 saturated heterocycles. The second kappa shape index (κ2) is 5.96. The van der Waals surface area contributed by atoms with Gasteiger partial charge in [-0.1, -0.05) is 15.9 Å². The number of carbonyl (C=O) groups excluding carboxylic acids is 1. The van der Waals surface area contributed by atoms with Gasteiger partial charge in [0, 0.05) is 16.1 Å². The number of aryl methyl sites for hydroxylation is 1. The van der Waals surface area contributed by atoms with Crippen molar-refractivity contribution in [3.05, 3.63) is 52.0 Å². The van der Waals surface area contributed by atoms with Crippen molar-refractivity contribution in [1.82, 2.24) is 0 Å². The minimum atomic E-state index is -0.199. The van der Waals surface area contributed by atoms with E-state index in [-0.39, 0.29) is 5.91 Å². The first kappa shape index (κ1) is 14.4. The van der Waals surface area contributed by atoms with Gasteiger partial charge < -0.3 is 15.8 Å². The van der Waals surface area contributed by atoms with Crippen molar-refractivity contribution in [2.75, 3.05) is 18.2 Å². The molecule has 2 aromatic carbocycles. The second-order valence-electron chi connectivity index (χ2n) is 4.37. The summed E-state index contributed by atoms with van der Waals surface area (Å²) in [5.74, 6) is 0.442. The molecule has 104 valence electrons. The quantitative estimate of drug-likeness (QED) is 0.843. The molecular weight excluding hydrogens is 320 g/mol. The molecule has 0 aromatic heterocycles. The molecule has 0 saturated carbocycles. The predicted octanol–water partition coefficient (Wildman–Crippen LogP) is 3.60. The third-order valence-electron chi connectivity index (χ3n) is 2.94. The highest BCUT2D eigenvalue weighted by atomic mass is 79.9. The van der Waals surface area contributed by atoms with Crippen LogP contribution in [-0.4, -0.2) is 13.0 Å². The van der Waals surface area contributed by atoms with Gasteiger partial charge in [0.05, 0.1) is 18.5 Å². The van der Waals surface area contributed by atoms with E-state index in [1.807, 2.05) is 19.1 Å². The molecule has 0 spiro atoms. The summed E-state index contributed by atoms with van der Waals surface area (Å²) in [7, 11) is 1.57. The van der Waals surface area contributed by atoms with Crippen molar-refractivity contribution >= 4 is 33.2 Å². The summed E-state index contributed by atoms with van der Waals surface area (Å²) in [5, 5.41) is 2.80. The van der Waals surface area contributed by atoms with Crippen LogP contribution in [0.5, 0.6) is 5.75 Å². The number of rotatable bonds is 3. The molecule has 0 bridgehead atoms. The topological polar surface area (TPSA) is 64.3 Å². The highest BCUT2D eigenvalue weighted by Gasteiger charge is 2.11. The van der Waals surface area contributed by atoms with E-state index in [0.29, 0.717) is 22.7 Å². The number of carbonyl (C=O) groups is 1. The van der Waals surface area contributed by atoms with E-state index in [2.05, 4.69) is 21.2 Å². The van der Waals surface area contributed by atoms with E-state index in [9.17, 15) is 4.79 Å². The minimum absolute atomic E-state index is 0.199. The first-order chi connectivity index (χ1) is 9.51. The van der Waals surface area contributed by atoms with Crippen LogP contribution in [0.1, 0.15) is 15.9 Å². The summed E-state index contributed by atoms with van der Waals surface area (Å²) >= 11 is 3.37. The average molecular weight is 335 g/mol. The van der Waals surface area contributed by atoms with E-state index < -0.39 is 0 Å². The Morgan fingerprint density at radius 3 is 2.65 bits per heavy atom. The molecule has 0 aliphatic carbocycles. The number of ether oxygens (including phenoxy) is 1. The molecule has 2 aromatic rings. The molecule has 1 amide bonds. The molecular formula is C15H15BrN2O2. The van der Waals surface area contributed by atoms with Crippen molar-refractivity contribution in [3.8, 4) is 5.75 Å². The van der Waals surface area contributed by atoms with Gasteiger partial charge in [-0.3, -0.25) is 4.79 Å². The molecule has 4 nitrogen and oxygen atoms in total. The van der Waals surface area contributed by atoms with Crippen LogP contribution in [0.3, 0.4) is 0 Å². The number of anilines is 2. The van der Waals surface area contributed by atoms with Crippen molar-refractivity contribution in [2.45, 2.75) is 6.92 Å². The third-order valence-corrected chi connectivity index (χ3v) is 3.43. The number of methoxy groups -OCH3 is 1. The lowest BCUT2D eigenvalue weighted by Crippen LogP contribution is -2.14. The standard InChI is InChI=1S/C15H15BrN2O2/c1-9-7-10(16)3-5-12(9)15(19)18-14-8-11(20-2)4-6-13(14)17/h3-8H,17H2,1-2H3,(H,18,19). The van der Waals surface area contributed by atoms with Gasteiger partial charge in [0.15, 0.2) is 0 Å². The molecule has 0 heterocycles. The normalized spacial score (nSPS) is 10.2. The van der Waals surface area contributed by atoms with E-state index in [1.165, 1.54) is 0 Å². The average Bonchev–Trinajstić information content (AvgIpc) is 2.41. The van der Waals surface area contributed by atoms with E-state index in [4.69, 9.17) is 10.5 Å². The number of nitrogens with one attached hydrogen (secondary N) is 1. The van der Waals surface area contributed by atoms with Crippen LogP contribution in [0.2, 0.25) is 0 Å². The number of nitrogens with two attached hydrogens (primary N) is 1. The maximum absolute atomic E-state index is 12.3. The lowest BCUT2D eigenvalue weighted by atomic mass is 10.1. The summed E-state index contributed by atoms with van der Waals surface area (Å²) in [6, 6.07) is 10.6. The number of benzene rings is 2. The first-order valence-corrected chi connectivity index (χ1v) is 6.81. The van der Waals surface area contributed by atoms with Crippen molar-refractivity contribution < 1.29 is 9.53 Å². The van der Waals surface area contributed by atoms with E-state index >= 15 is 0 Å². The Kier molecular flexibility index (Phi) is 4.29. The molecule has 5 heteroatoms. The van der Waals surface area contributed by atoms with Gasteiger partial charge in [0.1, 0.15) is 5.75 Å². The fourth-order valence-corrected chi connectivity index (χ4v) is 2.32. The summed E-state index contributed by atoms with van der Waals surface area (Å²) in [4.78, 5) is 12.3. The molecule has 0 aliphatic heterocycles. The molecule has 0 aliphatic rings. The van der Waals surface area contributed by atoms with E-state index in [1.54, 1.807) is 31.4 Å². The zero-order chi connectivity index (χ0) is 14.7. The largest absolute Gasteiger partial charge is 0.497 e. The number of hydrogen-bond acceptors (Lipinski definition) is 3. The van der Waals surface area contributed by atoms with Crippen LogP contribution >= 0.6 is 15.9 Å². The second-order valence-corrected chi connectivity index (χ2v) is 5.28. The van der Waals surface area contributed by atoms with Gasteiger partial charge in [-0.2, -0.15) is 0 Å². The number of nitrogen functional groups attached to an aromatic ring is 1. The van der Waals surface area contributed by atoms with Gasteiger partial charge in [-0.05, 0) is 42.8 Å². The monoisotopic (exact) mass is 334 g/mol. The van der Waals surface area contributed by atoms with Crippen LogP contribution in [0, 0.1) is 6.92 Å². The molecule has 0 unspecified atom stereocenters. The zero-order valence-electron chi connectivity index (χ0n) is 11.2. The van der Waals surface area contributed by atoms with Gasteiger partial charge in [0.2, 0.25) is 0 Å². The van der Waals surface area contributed by atoms with Crippen LogP contribution in [0.15, 0.2) is 40.9 Å². The van der Waals surface area contributed by atoms with Crippen LogP contribution in [0.4, 0.5) is 11.4 Å². The van der Waals surface area contributed by atoms with E-state index in [0.717, 1.165) is 10.0 Å². The fourth-order valence-electron chi connectivity index (χ4n) is 1.84. The molecule has 20 heavy (non-hydrogen) atoms. The van der Waals surface area contributed by atoms with Crippen LogP contribution < -0.4 is 15.8 Å². The van der Waals surface area contributed by atoms with Gasteiger partial charge in [-0.25, -0.2) is 0 Å². The molecule has 0 atom stereocenters. The number of halogens is 1. The maximum atomic E-state index is 12.3. The Morgan fingerprint density at radius 1 is 1.25 bits per heavy atom. The van der Waals surface area contributed by atoms with Gasteiger partial charge in [0.25, 0.3) is 5.91 Å². The number of hydrogen-bond donors (Lipinski definition) is 2. The number of amides is 1. The molecule has 2 rings (SSSR count). The summed E-state index contributed by atoms with van der Waals surface area (Å²) in [5.41, 5.74) is 8.38. The minimum Gasteiger partial charge on any atom is -0.497 e. The summed E-state index contributed by atoms with van der Waals surface area (Å²) in [6.45, 7) is 1.88. The van der Waals surface area contributed by atoms with Crippen molar-refractivity contribution in [3.63, 3.8) is 0 Å². The van der Waals surface area contributed by atoms with Crippen LogP contribution in [0.25, 0.3) is 0 Å². The SMILES string of the molecule is COc1ccc(N)c(NC(=O)c2ccc(Br)cc2C)c1. The predicted molar refractivity (Wildman–Crippen MR) is 84.2 cm³/mol. The molecule has 3 N–H and O–H groups in total. The lowest BCUT2D eigenvalue weighted by molar-refractivity contribution is 0.102. The summed E-state index contributed by atoms with van der Waals surface area (Å²) in [6.07, 6.45) is 0. The van der Waals surface area contributed by atoms with Gasteiger partial charge in [-0.15, -0.1) is 0 Å². The fraction of sp³-hybridized carbons (Fsp3) is 0.133. The zero-order valence-corrected chi connectivity index (χ0v) is 12.8. The highest BCUT2D eigenvalue weighted by molar-refractivity contribution is 9.10. The van der Waals surface area contributed by atoms with Crippen molar-refractivity contribution in [1.29, 1.82) is 0 Å². The Labute approximate surface area is 126 Å². The molecule has 0 fully saturated rings. The Hall–Kier alpha value is -2.01. The van der Waals surface area contributed by atoms with Crippen molar-refractivity contribution in [2.24, 2.45) is 0 Å². The lowest BCUT2D eigenvalue weighted by Gasteiger charge is -2.11. The maximum Gasteiger partial charge on any atom is 0.255 e. The smallest absolute Gasteiger partial charge is 0.255 e.